The lowest BCUT2D eigenvalue weighted by Crippen LogP contribution is -2.29. The summed E-state index contributed by atoms with van der Waals surface area (Å²) in [6.07, 6.45) is 1.65. The van der Waals surface area contributed by atoms with Crippen molar-refractivity contribution in [2.24, 2.45) is 5.73 Å². The number of hydrogen-bond donors (Lipinski definition) is 4. The van der Waals surface area contributed by atoms with Crippen molar-refractivity contribution in [1.82, 2.24) is 15.3 Å². The number of pyridine rings is 2. The molecule has 1 aromatic carbocycles. The van der Waals surface area contributed by atoms with E-state index in [-0.39, 0.29) is 25.1 Å². The summed E-state index contributed by atoms with van der Waals surface area (Å²) < 4.78 is 16.4. The molecule has 2 aliphatic rings. The molecule has 1 atom stereocenters. The zero-order chi connectivity index (χ0) is 28.3. The number of nitrogens with two attached hydrogens (primary N) is 1. The van der Waals surface area contributed by atoms with E-state index >= 15 is 0 Å². The number of nitrogens with zero attached hydrogens (tertiary/aromatic N) is 3. The van der Waals surface area contributed by atoms with Crippen molar-refractivity contribution in [3.63, 3.8) is 0 Å². The molecule has 2 aromatic heterocycles. The van der Waals surface area contributed by atoms with Crippen LogP contribution in [0, 0.1) is 0 Å². The number of carbonyl (C=O) groups is 3. The quantitative estimate of drug-likeness (QED) is 0.214. The molecule has 1 saturated heterocycles. The highest BCUT2D eigenvalue weighted by molar-refractivity contribution is 5.95. The highest BCUT2D eigenvalue weighted by Gasteiger charge is 2.33. The minimum Gasteiger partial charge on any atom is -0.483 e. The van der Waals surface area contributed by atoms with Gasteiger partial charge in [0.25, 0.3) is 12.4 Å². The third-order valence-corrected chi connectivity index (χ3v) is 5.95. The Morgan fingerprint density at radius 3 is 2.85 bits per heavy atom. The molecule has 13 heteroatoms. The van der Waals surface area contributed by atoms with Gasteiger partial charge in [0.1, 0.15) is 18.5 Å². The van der Waals surface area contributed by atoms with Gasteiger partial charge in [-0.15, -0.1) is 0 Å². The number of aromatic nitrogens is 2. The van der Waals surface area contributed by atoms with Gasteiger partial charge < -0.3 is 35.7 Å². The van der Waals surface area contributed by atoms with Crippen LogP contribution in [0.2, 0.25) is 0 Å². The molecular formula is C27H30N6O7. The van der Waals surface area contributed by atoms with Crippen molar-refractivity contribution >= 4 is 30.1 Å². The maximum absolute atomic E-state index is 12.4. The summed E-state index contributed by atoms with van der Waals surface area (Å²) in [6.45, 7) is 2.29. The second kappa shape index (κ2) is 13.9. The first-order chi connectivity index (χ1) is 19.5. The highest BCUT2D eigenvalue weighted by Crippen LogP contribution is 2.30. The first-order valence-electron chi connectivity index (χ1n) is 12.6. The van der Waals surface area contributed by atoms with Gasteiger partial charge in [0.05, 0.1) is 6.54 Å². The van der Waals surface area contributed by atoms with E-state index in [2.05, 4.69) is 32.7 Å². The monoisotopic (exact) mass is 550 g/mol. The maximum atomic E-state index is 12.4. The lowest BCUT2D eigenvalue weighted by atomic mass is 10.0. The van der Waals surface area contributed by atoms with Gasteiger partial charge in [-0.1, -0.05) is 18.2 Å². The molecule has 5 N–H and O–H groups in total. The van der Waals surface area contributed by atoms with Gasteiger partial charge in [-0.2, -0.15) is 0 Å². The van der Waals surface area contributed by atoms with Crippen LogP contribution in [0.3, 0.4) is 0 Å². The Hall–Kier alpha value is -4.75. The lowest BCUT2D eigenvalue weighted by molar-refractivity contribution is -0.123. The van der Waals surface area contributed by atoms with Crippen molar-refractivity contribution < 1.29 is 33.7 Å². The number of ether oxygens (including phenoxy) is 3. The van der Waals surface area contributed by atoms with Crippen LogP contribution in [0.25, 0.3) is 11.1 Å². The summed E-state index contributed by atoms with van der Waals surface area (Å²) in [5, 5.41) is 13.0. The molecule has 13 nitrogen and oxygen atoms in total. The zero-order valence-electron chi connectivity index (χ0n) is 21.6. The second-order valence-corrected chi connectivity index (χ2v) is 8.76. The Morgan fingerprint density at radius 2 is 2.02 bits per heavy atom. The number of cyclic esters (lactones) is 1. The summed E-state index contributed by atoms with van der Waals surface area (Å²) >= 11 is 0. The molecule has 4 heterocycles. The maximum Gasteiger partial charge on any atom is 0.415 e. The van der Waals surface area contributed by atoms with E-state index in [9.17, 15) is 9.59 Å². The van der Waals surface area contributed by atoms with Gasteiger partial charge in [-0.3, -0.25) is 14.5 Å². The molecule has 5 rings (SSSR count). The summed E-state index contributed by atoms with van der Waals surface area (Å²) in [5.74, 6) is 1.47. The predicted molar refractivity (Wildman–Crippen MR) is 145 cm³/mol. The molecular weight excluding hydrogens is 520 g/mol. The molecule has 3 aromatic rings. The van der Waals surface area contributed by atoms with Gasteiger partial charge in [0.15, 0.2) is 18.2 Å². The Bertz CT molecular complexity index is 1340. The number of anilines is 2. The van der Waals surface area contributed by atoms with E-state index in [1.165, 1.54) is 4.90 Å². The largest absolute Gasteiger partial charge is 0.483 e. The van der Waals surface area contributed by atoms with Gasteiger partial charge in [-0.05, 0) is 53.9 Å². The number of carboxylic acid groups (broad SMARTS) is 1. The lowest BCUT2D eigenvalue weighted by Gasteiger charge is -2.19. The van der Waals surface area contributed by atoms with Crippen LogP contribution in [-0.4, -0.2) is 72.5 Å². The Labute approximate surface area is 230 Å². The molecule has 0 bridgehead atoms. The van der Waals surface area contributed by atoms with Gasteiger partial charge in [-0.25, -0.2) is 14.8 Å². The Morgan fingerprint density at radius 1 is 1.20 bits per heavy atom. The zero-order valence-corrected chi connectivity index (χ0v) is 21.6. The molecule has 40 heavy (non-hydrogen) atoms. The number of hydrogen-bond acceptors (Lipinski definition) is 10. The van der Waals surface area contributed by atoms with E-state index < -0.39 is 6.09 Å². The SMILES string of the molecule is NCCOc1cc(-c2cccc(CNCCC3CN(c4ccc5c(n4)NC(=O)CO5)C(=O)O3)c2)ccn1.O=CO. The molecule has 0 aliphatic carbocycles. The third kappa shape index (κ3) is 7.42. The van der Waals surface area contributed by atoms with Crippen molar-refractivity contribution in [1.29, 1.82) is 0 Å². The van der Waals surface area contributed by atoms with E-state index in [1.54, 1.807) is 18.3 Å². The summed E-state index contributed by atoms with van der Waals surface area (Å²) in [5.41, 5.74) is 8.72. The molecule has 0 saturated carbocycles. The molecule has 0 radical (unpaired) electrons. The van der Waals surface area contributed by atoms with Crippen LogP contribution >= 0.6 is 0 Å². The number of fused-ring (bicyclic) bond motifs is 1. The number of benzene rings is 1. The average molecular weight is 551 g/mol. The van der Waals surface area contributed by atoms with Crippen LogP contribution in [0.1, 0.15) is 12.0 Å². The predicted octanol–water partition coefficient (Wildman–Crippen LogP) is 2.02. The topological polar surface area (TPSA) is 178 Å². The number of rotatable bonds is 10. The first-order valence-corrected chi connectivity index (χ1v) is 12.6. The minimum atomic E-state index is -0.458. The standard InChI is InChI=1S/C26H28N6O5.CH2O2/c27-8-11-35-24-13-19(6-10-29-24)18-3-1-2-17(12-18)14-28-9-7-20-15-32(26(34)37-20)22-5-4-21-25(30-22)31-23(33)16-36-21;2-1-3/h1-6,10,12-13,20,28H,7-9,11,14-16,27H2,(H,30,31,33);1H,(H,2,3). The number of amides is 2. The Balaban J connectivity index is 0.00000118. The van der Waals surface area contributed by atoms with Crippen molar-refractivity contribution in [2.45, 2.75) is 19.1 Å². The van der Waals surface area contributed by atoms with Crippen LogP contribution < -0.4 is 30.7 Å². The fraction of sp³-hybridized carbons (Fsp3) is 0.296. The van der Waals surface area contributed by atoms with Crippen LogP contribution in [-0.2, 0) is 20.9 Å². The van der Waals surface area contributed by atoms with Gasteiger partial charge in [0.2, 0.25) is 5.88 Å². The number of carbonyl (C=O) groups excluding carboxylic acids is 2. The van der Waals surface area contributed by atoms with Gasteiger partial charge in [0, 0.05) is 25.4 Å². The van der Waals surface area contributed by atoms with Gasteiger partial charge >= 0.3 is 6.09 Å². The van der Waals surface area contributed by atoms with Crippen molar-refractivity contribution in [3.8, 4) is 22.8 Å². The summed E-state index contributed by atoms with van der Waals surface area (Å²) in [6, 6.07) is 15.5. The third-order valence-electron chi connectivity index (χ3n) is 5.95. The fourth-order valence-electron chi connectivity index (χ4n) is 4.15. The van der Waals surface area contributed by atoms with Crippen LogP contribution in [0.5, 0.6) is 11.6 Å². The van der Waals surface area contributed by atoms with E-state index in [4.69, 9.17) is 29.8 Å². The molecule has 2 aliphatic heterocycles. The minimum absolute atomic E-state index is 0.0476. The summed E-state index contributed by atoms with van der Waals surface area (Å²) in [4.78, 5) is 42.4. The number of nitrogens with one attached hydrogen (secondary N) is 2. The van der Waals surface area contributed by atoms with E-state index in [1.807, 2.05) is 24.3 Å². The van der Waals surface area contributed by atoms with Crippen molar-refractivity contribution in [2.75, 3.05) is 43.1 Å². The van der Waals surface area contributed by atoms with Crippen LogP contribution in [0.15, 0.2) is 54.7 Å². The highest BCUT2D eigenvalue weighted by atomic mass is 16.6. The molecule has 2 amide bonds. The normalized spacial score (nSPS) is 15.6. The fourth-order valence-corrected chi connectivity index (χ4v) is 4.15. The smallest absolute Gasteiger partial charge is 0.415 e. The molecule has 210 valence electrons. The Kier molecular flexibility index (Phi) is 9.80. The second-order valence-electron chi connectivity index (χ2n) is 8.76. The summed E-state index contributed by atoms with van der Waals surface area (Å²) in [7, 11) is 0. The van der Waals surface area contributed by atoms with E-state index in [0.717, 1.165) is 16.7 Å². The molecule has 1 unspecified atom stereocenters. The first kappa shape index (κ1) is 28.3. The van der Waals surface area contributed by atoms with E-state index in [0.29, 0.717) is 62.5 Å². The molecule has 0 spiro atoms. The molecule has 1 fully saturated rings. The van der Waals surface area contributed by atoms with Crippen LogP contribution in [0.4, 0.5) is 16.4 Å². The average Bonchev–Trinajstić information content (AvgIpc) is 3.34. The van der Waals surface area contributed by atoms with Crippen molar-refractivity contribution in [3.05, 3.63) is 60.3 Å².